The molecule has 0 aliphatic carbocycles. The molecule has 2 heterocycles. The summed E-state index contributed by atoms with van der Waals surface area (Å²) < 4.78 is 13.5. The van der Waals surface area contributed by atoms with Crippen molar-refractivity contribution in [3.63, 3.8) is 0 Å². The monoisotopic (exact) mass is 403 g/mol. The molecule has 0 saturated carbocycles. The van der Waals surface area contributed by atoms with E-state index < -0.39 is 6.03 Å². The topological polar surface area (TPSA) is 69.7 Å². The average molecular weight is 403 g/mol. The van der Waals surface area contributed by atoms with Crippen molar-refractivity contribution in [2.45, 2.75) is 12.8 Å². The highest BCUT2D eigenvalue weighted by molar-refractivity contribution is 6.10. The molecule has 1 N–H and O–H groups in total. The Morgan fingerprint density at radius 1 is 0.900 bits per heavy atom. The van der Waals surface area contributed by atoms with Gasteiger partial charge in [-0.25, -0.2) is 9.18 Å². The molecule has 0 bridgehead atoms. The summed E-state index contributed by atoms with van der Waals surface area (Å²) in [5.41, 5.74) is 2.76. The zero-order valence-electron chi connectivity index (χ0n) is 16.0. The van der Waals surface area contributed by atoms with Crippen LogP contribution in [0.2, 0.25) is 0 Å². The molecule has 3 aromatic carbocycles. The van der Waals surface area contributed by atoms with Gasteiger partial charge < -0.3 is 4.90 Å². The minimum atomic E-state index is -0.446. The van der Waals surface area contributed by atoms with Crippen LogP contribution in [0.4, 0.5) is 20.6 Å². The Kier molecular flexibility index (Phi) is 4.24. The lowest BCUT2D eigenvalue weighted by Crippen LogP contribution is -2.49. The van der Waals surface area contributed by atoms with Crippen LogP contribution in [0, 0.1) is 5.82 Å². The number of nitrogens with one attached hydrogen (secondary N) is 1. The molecular weight excluding hydrogens is 385 g/mol. The molecule has 4 amide bonds. The van der Waals surface area contributed by atoms with E-state index in [1.165, 1.54) is 17.0 Å². The van der Waals surface area contributed by atoms with Gasteiger partial charge in [-0.3, -0.25) is 19.8 Å². The van der Waals surface area contributed by atoms with Crippen LogP contribution in [0.25, 0.3) is 10.8 Å². The van der Waals surface area contributed by atoms with E-state index in [0.717, 1.165) is 22.0 Å². The van der Waals surface area contributed by atoms with Crippen LogP contribution in [-0.2, 0) is 11.2 Å². The second-order valence-corrected chi connectivity index (χ2v) is 7.48. The lowest BCUT2D eigenvalue weighted by Gasteiger charge is -2.26. The van der Waals surface area contributed by atoms with Crippen molar-refractivity contribution >= 4 is 40.0 Å². The second kappa shape index (κ2) is 6.95. The van der Waals surface area contributed by atoms with E-state index in [4.69, 9.17) is 0 Å². The lowest BCUT2D eigenvalue weighted by molar-refractivity contribution is -0.120. The van der Waals surface area contributed by atoms with Gasteiger partial charge in [0.05, 0.1) is 0 Å². The fraction of sp³-hybridized carbons (Fsp3) is 0.174. The average Bonchev–Trinajstić information content (AvgIpc) is 3.15. The van der Waals surface area contributed by atoms with Crippen LogP contribution in [0.1, 0.15) is 22.3 Å². The maximum atomic E-state index is 13.5. The van der Waals surface area contributed by atoms with Crippen molar-refractivity contribution in [2.75, 3.05) is 22.9 Å². The van der Waals surface area contributed by atoms with E-state index in [-0.39, 0.29) is 24.1 Å². The van der Waals surface area contributed by atoms with Crippen LogP contribution >= 0.6 is 0 Å². The van der Waals surface area contributed by atoms with Gasteiger partial charge in [0.2, 0.25) is 5.91 Å². The summed E-state index contributed by atoms with van der Waals surface area (Å²) >= 11 is 0. The molecule has 2 aliphatic heterocycles. The van der Waals surface area contributed by atoms with Crippen LogP contribution in [0.15, 0.2) is 54.6 Å². The number of fused-ring (bicyclic) bond motifs is 2. The normalized spacial score (nSPS) is 16.0. The Labute approximate surface area is 171 Å². The van der Waals surface area contributed by atoms with Crippen molar-refractivity contribution in [1.29, 1.82) is 0 Å². The molecule has 5 rings (SSSR count). The highest BCUT2D eigenvalue weighted by atomic mass is 19.1. The van der Waals surface area contributed by atoms with Gasteiger partial charge in [0.1, 0.15) is 5.82 Å². The number of carbonyl (C=O) groups excluding carboxylic acids is 3. The van der Waals surface area contributed by atoms with Gasteiger partial charge in [-0.2, -0.15) is 0 Å². The first-order valence-corrected chi connectivity index (χ1v) is 9.75. The zero-order chi connectivity index (χ0) is 20.8. The number of urea groups is 1. The number of nitrogens with zero attached hydrogens (tertiary/aromatic N) is 2. The lowest BCUT2D eigenvalue weighted by atomic mass is 10.0. The molecule has 3 aromatic rings. The van der Waals surface area contributed by atoms with E-state index in [9.17, 15) is 18.8 Å². The van der Waals surface area contributed by atoms with Crippen LogP contribution in [-0.4, -0.2) is 30.9 Å². The van der Waals surface area contributed by atoms with Crippen LogP contribution in [0.3, 0.4) is 0 Å². The highest BCUT2D eigenvalue weighted by Gasteiger charge is 2.27. The predicted molar refractivity (Wildman–Crippen MR) is 111 cm³/mol. The molecule has 2 aliphatic rings. The van der Waals surface area contributed by atoms with Gasteiger partial charge in [0, 0.05) is 36.4 Å². The third-order valence-electron chi connectivity index (χ3n) is 5.62. The van der Waals surface area contributed by atoms with Crippen molar-refractivity contribution in [3.8, 4) is 0 Å². The largest absolute Gasteiger partial charge is 0.328 e. The number of rotatable bonds is 2. The Morgan fingerprint density at radius 2 is 1.73 bits per heavy atom. The molecule has 0 radical (unpaired) electrons. The summed E-state index contributed by atoms with van der Waals surface area (Å²) in [6.07, 6.45) is 0.872. The minimum absolute atomic E-state index is 0.144. The molecule has 0 aromatic heterocycles. The third kappa shape index (κ3) is 3.08. The first kappa shape index (κ1) is 18.3. The van der Waals surface area contributed by atoms with Crippen molar-refractivity contribution in [3.05, 3.63) is 71.5 Å². The van der Waals surface area contributed by atoms with Gasteiger partial charge in [0.15, 0.2) is 0 Å². The molecule has 0 spiro atoms. The van der Waals surface area contributed by atoms with Gasteiger partial charge in [-0.15, -0.1) is 0 Å². The summed E-state index contributed by atoms with van der Waals surface area (Å²) in [4.78, 5) is 39.8. The van der Waals surface area contributed by atoms with E-state index in [1.807, 2.05) is 24.3 Å². The van der Waals surface area contributed by atoms with Crippen molar-refractivity contribution in [1.82, 2.24) is 5.32 Å². The van der Waals surface area contributed by atoms with Gasteiger partial charge in [-0.05, 0) is 65.2 Å². The summed E-state index contributed by atoms with van der Waals surface area (Å²) in [5.74, 6) is -0.727. The van der Waals surface area contributed by atoms with Crippen molar-refractivity contribution < 1.29 is 18.8 Å². The molecular formula is C23H18FN3O3. The second-order valence-electron chi connectivity index (χ2n) is 7.48. The molecule has 0 unspecified atom stereocenters. The zero-order valence-corrected chi connectivity index (χ0v) is 16.0. The van der Waals surface area contributed by atoms with Crippen LogP contribution < -0.4 is 15.1 Å². The molecule has 1 fully saturated rings. The van der Waals surface area contributed by atoms with Gasteiger partial charge in [0.25, 0.3) is 5.91 Å². The number of halogens is 1. The molecule has 7 heteroatoms. The molecule has 0 atom stereocenters. The highest BCUT2D eigenvalue weighted by Crippen LogP contribution is 2.31. The quantitative estimate of drug-likeness (QED) is 0.711. The number of amides is 4. The van der Waals surface area contributed by atoms with E-state index in [2.05, 4.69) is 5.32 Å². The standard InChI is InChI=1S/C23H18FN3O3/c24-18-4-6-20-15(12-18)7-9-27(20)22(29)16-2-1-14-3-5-19(13-17(14)11-16)26-10-8-21(28)25-23(26)30/h1-6,11-13H,7-10H2,(H,25,28,30). The molecule has 30 heavy (non-hydrogen) atoms. The van der Waals surface area contributed by atoms with Gasteiger partial charge >= 0.3 is 6.03 Å². The number of anilines is 2. The molecule has 6 nitrogen and oxygen atoms in total. The fourth-order valence-corrected chi connectivity index (χ4v) is 4.08. The predicted octanol–water partition coefficient (Wildman–Crippen LogP) is 3.63. The fourth-order valence-electron chi connectivity index (χ4n) is 4.08. The molecule has 150 valence electrons. The number of imide groups is 1. The summed E-state index contributed by atoms with van der Waals surface area (Å²) in [5, 5.41) is 4.08. The maximum Gasteiger partial charge on any atom is 0.328 e. The number of hydrogen-bond acceptors (Lipinski definition) is 3. The minimum Gasteiger partial charge on any atom is -0.308 e. The van der Waals surface area contributed by atoms with Crippen molar-refractivity contribution in [2.24, 2.45) is 0 Å². The summed E-state index contributed by atoms with van der Waals surface area (Å²) in [7, 11) is 0. The smallest absolute Gasteiger partial charge is 0.308 e. The van der Waals surface area contributed by atoms with E-state index >= 15 is 0 Å². The van der Waals surface area contributed by atoms with E-state index in [1.54, 1.807) is 23.1 Å². The Morgan fingerprint density at radius 3 is 2.57 bits per heavy atom. The van der Waals surface area contributed by atoms with Gasteiger partial charge in [-0.1, -0.05) is 12.1 Å². The maximum absolute atomic E-state index is 13.5. The number of hydrogen-bond donors (Lipinski definition) is 1. The first-order valence-electron chi connectivity index (χ1n) is 9.75. The summed E-state index contributed by atoms with van der Waals surface area (Å²) in [6.45, 7) is 0.827. The first-order chi connectivity index (χ1) is 14.5. The summed E-state index contributed by atoms with van der Waals surface area (Å²) in [6, 6.07) is 15.0. The molecule has 1 saturated heterocycles. The Bertz CT molecular complexity index is 1220. The number of carbonyl (C=O) groups is 3. The Balaban J connectivity index is 1.47. The number of benzene rings is 3. The third-order valence-corrected chi connectivity index (χ3v) is 5.62. The Hall–Kier alpha value is -3.74. The van der Waals surface area contributed by atoms with E-state index in [0.29, 0.717) is 30.8 Å². The SMILES string of the molecule is O=C1CCN(c2ccc3ccc(C(=O)N4CCc5cc(F)ccc54)cc3c2)C(=O)N1. The van der Waals surface area contributed by atoms with Crippen LogP contribution in [0.5, 0.6) is 0 Å².